The molecule has 3 rings (SSSR count). The minimum Gasteiger partial charge on any atom is -0.507 e. The monoisotopic (exact) mass is 256 g/mol. The first kappa shape index (κ1) is 12.0. The van der Waals surface area contributed by atoms with Gasteiger partial charge in [-0.05, 0) is 31.4 Å². The van der Waals surface area contributed by atoms with Gasteiger partial charge < -0.3 is 10.1 Å². The number of isocyanates is 1. The van der Waals surface area contributed by atoms with Gasteiger partial charge >= 0.3 is 0 Å². The highest BCUT2D eigenvalue weighted by Gasteiger charge is 2.38. The van der Waals surface area contributed by atoms with Gasteiger partial charge in [0.2, 0.25) is 6.08 Å². The lowest BCUT2D eigenvalue weighted by Gasteiger charge is -2.24. The molecule has 0 bridgehead atoms. The summed E-state index contributed by atoms with van der Waals surface area (Å²) in [5.74, 6) is 0.247. The predicted octanol–water partition coefficient (Wildman–Crippen LogP) is 3.29. The van der Waals surface area contributed by atoms with Crippen molar-refractivity contribution in [3.63, 3.8) is 0 Å². The first-order valence-electron chi connectivity index (χ1n) is 6.57. The Morgan fingerprint density at radius 1 is 1.37 bits per heavy atom. The number of fused-ring (bicyclic) bond motifs is 1. The normalized spacial score (nSPS) is 17.5. The molecule has 1 heterocycles. The second-order valence-corrected chi connectivity index (χ2v) is 5.30. The summed E-state index contributed by atoms with van der Waals surface area (Å²) in [4.78, 5) is 17.9. The third-order valence-electron chi connectivity index (χ3n) is 4.21. The van der Waals surface area contributed by atoms with Crippen LogP contribution in [-0.4, -0.2) is 16.2 Å². The summed E-state index contributed by atoms with van der Waals surface area (Å²) in [6.45, 7) is 1.95. The van der Waals surface area contributed by atoms with E-state index in [2.05, 4.69) is 9.98 Å². The van der Waals surface area contributed by atoms with Crippen LogP contribution in [0.2, 0.25) is 0 Å². The molecule has 0 radical (unpaired) electrons. The molecular formula is C15H16N2O2. The maximum Gasteiger partial charge on any atom is 0.235 e. The van der Waals surface area contributed by atoms with Crippen LogP contribution in [0.3, 0.4) is 0 Å². The fourth-order valence-electron chi connectivity index (χ4n) is 3.23. The van der Waals surface area contributed by atoms with Gasteiger partial charge in [0.05, 0.1) is 0 Å². The first-order chi connectivity index (χ1) is 9.18. The van der Waals surface area contributed by atoms with Crippen molar-refractivity contribution >= 4 is 17.0 Å². The van der Waals surface area contributed by atoms with Gasteiger partial charge in [0, 0.05) is 22.7 Å². The second kappa shape index (κ2) is 4.25. The Bertz CT molecular complexity index is 675. The standard InChI is InChI=1S/C15H16N2O2/c1-10-8-16-12-5-4-11(14(19)13(10)12)15(17-9-18)6-2-3-7-15/h4-5,8,16,19H,2-3,6-7H2,1H3. The van der Waals surface area contributed by atoms with Gasteiger partial charge in [-0.1, -0.05) is 18.9 Å². The lowest BCUT2D eigenvalue weighted by atomic mass is 9.87. The van der Waals surface area contributed by atoms with E-state index in [1.165, 1.54) is 0 Å². The molecule has 1 fully saturated rings. The van der Waals surface area contributed by atoms with Crippen LogP contribution in [-0.2, 0) is 10.3 Å². The number of aromatic nitrogens is 1. The summed E-state index contributed by atoms with van der Waals surface area (Å²) < 4.78 is 0. The molecule has 0 atom stereocenters. The number of phenolic OH excluding ortho intramolecular Hbond substituents is 1. The molecule has 1 saturated carbocycles. The van der Waals surface area contributed by atoms with Crippen molar-refractivity contribution in [2.45, 2.75) is 38.1 Å². The topological polar surface area (TPSA) is 65.5 Å². The molecule has 2 N–H and O–H groups in total. The van der Waals surface area contributed by atoms with Crippen molar-refractivity contribution in [1.29, 1.82) is 0 Å². The van der Waals surface area contributed by atoms with Gasteiger partial charge in [-0.25, -0.2) is 4.79 Å². The molecule has 1 aromatic heterocycles. The Hall–Kier alpha value is -2.06. The van der Waals surface area contributed by atoms with E-state index in [0.717, 1.165) is 47.7 Å². The summed E-state index contributed by atoms with van der Waals surface area (Å²) in [6.07, 6.45) is 7.20. The summed E-state index contributed by atoms with van der Waals surface area (Å²) in [7, 11) is 0. The highest BCUT2D eigenvalue weighted by atomic mass is 16.3. The van der Waals surface area contributed by atoms with E-state index in [4.69, 9.17) is 0 Å². The molecule has 1 aromatic carbocycles. The number of nitrogens with one attached hydrogen (secondary N) is 1. The number of carbonyl (C=O) groups excluding carboxylic acids is 1. The molecule has 4 nitrogen and oxygen atoms in total. The molecule has 2 aromatic rings. The Morgan fingerprint density at radius 3 is 2.79 bits per heavy atom. The number of rotatable bonds is 2. The fraction of sp³-hybridized carbons (Fsp3) is 0.400. The zero-order chi connectivity index (χ0) is 13.5. The van der Waals surface area contributed by atoms with Crippen molar-refractivity contribution in [1.82, 2.24) is 4.98 Å². The van der Waals surface area contributed by atoms with Crippen molar-refractivity contribution in [3.05, 3.63) is 29.5 Å². The number of phenols is 1. The van der Waals surface area contributed by atoms with Gasteiger partial charge in [0.15, 0.2) is 0 Å². The number of aromatic amines is 1. The summed E-state index contributed by atoms with van der Waals surface area (Å²) in [5.41, 5.74) is 2.08. The van der Waals surface area contributed by atoms with E-state index in [1.807, 2.05) is 25.3 Å². The van der Waals surface area contributed by atoms with E-state index < -0.39 is 5.54 Å². The van der Waals surface area contributed by atoms with E-state index in [-0.39, 0.29) is 5.75 Å². The Labute approximate surface area is 111 Å². The van der Waals surface area contributed by atoms with Crippen LogP contribution < -0.4 is 0 Å². The van der Waals surface area contributed by atoms with E-state index >= 15 is 0 Å². The quantitative estimate of drug-likeness (QED) is 0.639. The molecule has 0 aliphatic heterocycles. The first-order valence-corrected chi connectivity index (χ1v) is 6.57. The Morgan fingerprint density at radius 2 is 2.11 bits per heavy atom. The molecular weight excluding hydrogens is 240 g/mol. The van der Waals surface area contributed by atoms with Crippen LogP contribution in [0.25, 0.3) is 10.9 Å². The third-order valence-corrected chi connectivity index (χ3v) is 4.21. The number of hydrogen-bond donors (Lipinski definition) is 2. The molecule has 1 aliphatic rings. The van der Waals surface area contributed by atoms with Gasteiger partial charge in [0.1, 0.15) is 11.3 Å². The fourth-order valence-corrected chi connectivity index (χ4v) is 3.23. The van der Waals surface area contributed by atoms with Gasteiger partial charge in [0.25, 0.3) is 0 Å². The number of hydrogen-bond acceptors (Lipinski definition) is 3. The lowest BCUT2D eigenvalue weighted by molar-refractivity contribution is 0.412. The van der Waals surface area contributed by atoms with E-state index in [1.54, 1.807) is 6.08 Å². The summed E-state index contributed by atoms with van der Waals surface area (Å²) in [5, 5.41) is 11.4. The van der Waals surface area contributed by atoms with Crippen molar-refractivity contribution in [3.8, 4) is 5.75 Å². The maximum absolute atomic E-state index is 10.8. The third kappa shape index (κ3) is 1.68. The minimum absolute atomic E-state index is 0.247. The van der Waals surface area contributed by atoms with Crippen LogP contribution in [0.15, 0.2) is 23.3 Å². The van der Waals surface area contributed by atoms with Crippen LogP contribution in [0, 0.1) is 6.92 Å². The van der Waals surface area contributed by atoms with E-state index in [0.29, 0.717) is 0 Å². The SMILES string of the molecule is Cc1c[nH]c2ccc(C3(N=C=O)CCCC3)c(O)c12. The van der Waals surface area contributed by atoms with E-state index in [9.17, 15) is 9.90 Å². The zero-order valence-electron chi connectivity index (χ0n) is 10.9. The molecule has 0 amide bonds. The Kier molecular flexibility index (Phi) is 2.68. The zero-order valence-corrected chi connectivity index (χ0v) is 10.9. The molecule has 1 aliphatic carbocycles. The highest BCUT2D eigenvalue weighted by Crippen LogP contribution is 2.47. The van der Waals surface area contributed by atoms with Crippen LogP contribution in [0.1, 0.15) is 36.8 Å². The average molecular weight is 256 g/mol. The average Bonchev–Trinajstić information content (AvgIpc) is 2.99. The van der Waals surface area contributed by atoms with Crippen LogP contribution in [0.4, 0.5) is 0 Å². The van der Waals surface area contributed by atoms with Crippen LogP contribution >= 0.6 is 0 Å². The lowest BCUT2D eigenvalue weighted by Crippen LogP contribution is -2.19. The number of nitrogens with zero attached hydrogens (tertiary/aromatic N) is 1. The molecule has 98 valence electrons. The van der Waals surface area contributed by atoms with Crippen molar-refractivity contribution < 1.29 is 9.90 Å². The van der Waals surface area contributed by atoms with Gasteiger partial charge in [-0.2, -0.15) is 4.99 Å². The van der Waals surface area contributed by atoms with Gasteiger partial charge in [-0.3, -0.25) is 0 Å². The van der Waals surface area contributed by atoms with Crippen LogP contribution in [0.5, 0.6) is 5.75 Å². The summed E-state index contributed by atoms with van der Waals surface area (Å²) in [6, 6.07) is 3.82. The number of aromatic hydroxyl groups is 1. The number of benzene rings is 1. The smallest absolute Gasteiger partial charge is 0.235 e. The molecule has 19 heavy (non-hydrogen) atoms. The number of aryl methyl sites for hydroxylation is 1. The van der Waals surface area contributed by atoms with Gasteiger partial charge in [-0.15, -0.1) is 0 Å². The minimum atomic E-state index is -0.580. The van der Waals surface area contributed by atoms with Crippen molar-refractivity contribution in [2.24, 2.45) is 4.99 Å². The molecule has 0 saturated heterocycles. The predicted molar refractivity (Wildman–Crippen MR) is 73.0 cm³/mol. The Balaban J connectivity index is 2.27. The van der Waals surface area contributed by atoms with Crippen molar-refractivity contribution in [2.75, 3.05) is 0 Å². The largest absolute Gasteiger partial charge is 0.507 e. The highest BCUT2D eigenvalue weighted by molar-refractivity contribution is 5.90. The number of aliphatic imine (C=N–C) groups is 1. The second-order valence-electron chi connectivity index (χ2n) is 5.30. The maximum atomic E-state index is 10.8. The molecule has 0 unspecified atom stereocenters. The molecule has 4 heteroatoms. The molecule has 0 spiro atoms. The number of H-pyrrole nitrogens is 1. The summed E-state index contributed by atoms with van der Waals surface area (Å²) >= 11 is 0.